The monoisotopic (exact) mass is 341 g/mol. The van der Waals surface area contributed by atoms with Gasteiger partial charge in [-0.2, -0.15) is 0 Å². The van der Waals surface area contributed by atoms with E-state index in [4.69, 9.17) is 4.74 Å². The maximum atomic E-state index is 11.4. The molecule has 1 fully saturated rings. The highest BCUT2D eigenvalue weighted by molar-refractivity contribution is 5.65. The van der Waals surface area contributed by atoms with Crippen LogP contribution in [-0.4, -0.2) is 33.8 Å². The minimum Gasteiger partial charge on any atom is -0.489 e. The van der Waals surface area contributed by atoms with Gasteiger partial charge >= 0.3 is 6.09 Å². The average Bonchev–Trinajstić information content (AvgIpc) is 2.67. The van der Waals surface area contributed by atoms with Crippen LogP contribution in [0.25, 0.3) is 0 Å². The van der Waals surface area contributed by atoms with Crippen LogP contribution < -0.4 is 4.74 Å². The highest BCUT2D eigenvalue weighted by Crippen LogP contribution is 2.30. The van der Waals surface area contributed by atoms with Gasteiger partial charge in [0, 0.05) is 6.54 Å². The SMILES string of the molecule is O=C(O)N1CCCC[C@H]1C(O)c1cccc(OCc2ccccc2)c1. The lowest BCUT2D eigenvalue weighted by atomic mass is 9.93. The number of amides is 1. The van der Waals surface area contributed by atoms with E-state index in [0.717, 1.165) is 18.4 Å². The Bertz CT molecular complexity index is 704. The molecule has 0 aliphatic carbocycles. The summed E-state index contributed by atoms with van der Waals surface area (Å²) in [5.41, 5.74) is 1.75. The highest BCUT2D eigenvalue weighted by Gasteiger charge is 2.32. The van der Waals surface area contributed by atoms with Crippen molar-refractivity contribution in [3.63, 3.8) is 0 Å². The van der Waals surface area contributed by atoms with E-state index in [1.807, 2.05) is 48.5 Å². The van der Waals surface area contributed by atoms with Crippen LogP contribution in [0.1, 0.15) is 36.5 Å². The van der Waals surface area contributed by atoms with E-state index in [1.54, 1.807) is 6.07 Å². The second-order valence-electron chi connectivity index (χ2n) is 6.33. The first-order chi connectivity index (χ1) is 12.1. The summed E-state index contributed by atoms with van der Waals surface area (Å²) in [6, 6.07) is 16.7. The van der Waals surface area contributed by atoms with Crippen LogP contribution in [0.3, 0.4) is 0 Å². The number of likely N-dealkylation sites (tertiary alicyclic amines) is 1. The van der Waals surface area contributed by atoms with Gasteiger partial charge < -0.3 is 19.8 Å². The molecule has 5 nitrogen and oxygen atoms in total. The zero-order valence-corrected chi connectivity index (χ0v) is 14.0. The third-order valence-electron chi connectivity index (χ3n) is 4.61. The molecule has 1 amide bonds. The van der Waals surface area contributed by atoms with Crippen molar-refractivity contribution in [2.24, 2.45) is 0 Å². The summed E-state index contributed by atoms with van der Waals surface area (Å²) in [5, 5.41) is 20.1. The molecule has 2 N–H and O–H groups in total. The van der Waals surface area contributed by atoms with Crippen molar-refractivity contribution in [2.45, 2.75) is 38.0 Å². The van der Waals surface area contributed by atoms with Gasteiger partial charge in [0.25, 0.3) is 0 Å². The molecule has 1 aliphatic rings. The number of hydrogen-bond donors (Lipinski definition) is 2. The number of carboxylic acid groups (broad SMARTS) is 1. The lowest BCUT2D eigenvalue weighted by molar-refractivity contribution is 0.0284. The Hall–Kier alpha value is -2.53. The lowest BCUT2D eigenvalue weighted by Gasteiger charge is -2.36. The largest absolute Gasteiger partial charge is 0.489 e. The van der Waals surface area contributed by atoms with E-state index in [9.17, 15) is 15.0 Å². The van der Waals surface area contributed by atoms with E-state index in [-0.39, 0.29) is 0 Å². The van der Waals surface area contributed by atoms with E-state index in [0.29, 0.717) is 30.9 Å². The van der Waals surface area contributed by atoms with E-state index in [2.05, 4.69) is 0 Å². The fourth-order valence-electron chi connectivity index (χ4n) is 3.27. The third-order valence-corrected chi connectivity index (χ3v) is 4.61. The fraction of sp³-hybridized carbons (Fsp3) is 0.350. The molecule has 1 aliphatic heterocycles. The van der Waals surface area contributed by atoms with Crippen LogP contribution in [0, 0.1) is 0 Å². The molecular weight excluding hydrogens is 318 g/mol. The Balaban J connectivity index is 1.70. The zero-order chi connectivity index (χ0) is 17.6. The zero-order valence-electron chi connectivity index (χ0n) is 14.0. The molecular formula is C20H23NO4. The van der Waals surface area contributed by atoms with Crippen LogP contribution >= 0.6 is 0 Å². The number of carbonyl (C=O) groups is 1. The summed E-state index contributed by atoms with van der Waals surface area (Å²) >= 11 is 0. The number of nitrogens with zero attached hydrogens (tertiary/aromatic N) is 1. The Labute approximate surface area is 147 Å². The average molecular weight is 341 g/mol. The van der Waals surface area contributed by atoms with Gasteiger partial charge in [-0.05, 0) is 42.5 Å². The summed E-state index contributed by atoms with van der Waals surface area (Å²) < 4.78 is 5.80. The number of benzene rings is 2. The van der Waals surface area contributed by atoms with Crippen molar-refractivity contribution in [1.82, 2.24) is 4.90 Å². The molecule has 0 bridgehead atoms. The summed E-state index contributed by atoms with van der Waals surface area (Å²) in [6.07, 6.45) is 0.616. The van der Waals surface area contributed by atoms with Gasteiger partial charge in [-0.1, -0.05) is 42.5 Å². The Kier molecular flexibility index (Phi) is 5.56. The molecule has 5 heteroatoms. The summed E-state index contributed by atoms with van der Waals surface area (Å²) in [5.74, 6) is 0.665. The lowest BCUT2D eigenvalue weighted by Crippen LogP contribution is -2.46. The normalized spacial score (nSPS) is 18.6. The minimum atomic E-state index is -0.972. The molecule has 2 atom stereocenters. The maximum Gasteiger partial charge on any atom is 0.407 e. The molecule has 0 radical (unpaired) electrons. The number of aliphatic hydroxyl groups excluding tert-OH is 1. The molecule has 1 heterocycles. The van der Waals surface area contributed by atoms with Crippen LogP contribution in [0.4, 0.5) is 4.79 Å². The van der Waals surface area contributed by atoms with E-state index < -0.39 is 18.2 Å². The first kappa shape index (κ1) is 17.3. The number of aliphatic hydroxyl groups is 1. The number of hydrogen-bond acceptors (Lipinski definition) is 3. The van der Waals surface area contributed by atoms with Crippen molar-refractivity contribution in [3.05, 3.63) is 65.7 Å². The van der Waals surface area contributed by atoms with Crippen LogP contribution in [0.2, 0.25) is 0 Å². The molecule has 3 rings (SSSR count). The van der Waals surface area contributed by atoms with E-state index in [1.165, 1.54) is 4.90 Å². The summed E-state index contributed by atoms with van der Waals surface area (Å²) in [7, 11) is 0. The van der Waals surface area contributed by atoms with Crippen molar-refractivity contribution < 1.29 is 19.7 Å². The smallest absolute Gasteiger partial charge is 0.407 e. The van der Waals surface area contributed by atoms with Gasteiger partial charge in [0.15, 0.2) is 0 Å². The highest BCUT2D eigenvalue weighted by atomic mass is 16.5. The molecule has 1 saturated heterocycles. The van der Waals surface area contributed by atoms with Crippen LogP contribution in [-0.2, 0) is 6.61 Å². The third kappa shape index (κ3) is 4.31. The quantitative estimate of drug-likeness (QED) is 0.867. The molecule has 0 aromatic heterocycles. The first-order valence-electron chi connectivity index (χ1n) is 8.59. The van der Waals surface area contributed by atoms with Gasteiger partial charge in [-0.25, -0.2) is 4.79 Å². The van der Waals surface area contributed by atoms with Crippen molar-refractivity contribution in [3.8, 4) is 5.75 Å². The topological polar surface area (TPSA) is 70.0 Å². The molecule has 2 aromatic carbocycles. The van der Waals surface area contributed by atoms with Crippen molar-refractivity contribution in [1.29, 1.82) is 0 Å². The Morgan fingerprint density at radius 3 is 2.72 bits per heavy atom. The van der Waals surface area contributed by atoms with Gasteiger partial charge in [0.05, 0.1) is 12.1 Å². The first-order valence-corrected chi connectivity index (χ1v) is 8.59. The Morgan fingerprint density at radius 1 is 1.16 bits per heavy atom. The molecule has 2 aromatic rings. The molecule has 0 saturated carbocycles. The standard InChI is InChI=1S/C20H23NO4/c22-19(18-11-4-5-12-21(18)20(23)24)16-9-6-10-17(13-16)25-14-15-7-2-1-3-8-15/h1-3,6-10,13,18-19,22H,4-5,11-12,14H2,(H,23,24)/t18-,19?/m0/s1. The minimum absolute atomic E-state index is 0.407. The predicted molar refractivity (Wildman–Crippen MR) is 94.5 cm³/mol. The maximum absolute atomic E-state index is 11.4. The van der Waals surface area contributed by atoms with Gasteiger partial charge in [0.2, 0.25) is 0 Å². The van der Waals surface area contributed by atoms with Crippen LogP contribution in [0.5, 0.6) is 5.75 Å². The van der Waals surface area contributed by atoms with Crippen LogP contribution in [0.15, 0.2) is 54.6 Å². The predicted octanol–water partition coefficient (Wildman–Crippen LogP) is 3.83. The summed E-state index contributed by atoms with van der Waals surface area (Å²) in [6.45, 7) is 0.923. The van der Waals surface area contributed by atoms with Crippen molar-refractivity contribution >= 4 is 6.09 Å². The molecule has 1 unspecified atom stereocenters. The van der Waals surface area contributed by atoms with Gasteiger partial charge in [-0.15, -0.1) is 0 Å². The fourth-order valence-corrected chi connectivity index (χ4v) is 3.27. The van der Waals surface area contributed by atoms with Gasteiger partial charge in [-0.3, -0.25) is 0 Å². The number of ether oxygens (including phenoxy) is 1. The second-order valence-corrected chi connectivity index (χ2v) is 6.33. The summed E-state index contributed by atoms with van der Waals surface area (Å²) in [4.78, 5) is 12.8. The molecule has 132 valence electrons. The van der Waals surface area contributed by atoms with E-state index >= 15 is 0 Å². The number of piperidine rings is 1. The molecule has 0 spiro atoms. The Morgan fingerprint density at radius 2 is 1.96 bits per heavy atom. The molecule has 25 heavy (non-hydrogen) atoms. The second kappa shape index (κ2) is 8.03. The van der Waals surface area contributed by atoms with Gasteiger partial charge in [0.1, 0.15) is 12.4 Å². The van der Waals surface area contributed by atoms with Crippen molar-refractivity contribution in [2.75, 3.05) is 6.54 Å². The number of rotatable bonds is 5.